The molecule has 17 heavy (non-hydrogen) atoms. The van der Waals surface area contributed by atoms with Crippen molar-refractivity contribution in [1.29, 1.82) is 0 Å². The van der Waals surface area contributed by atoms with E-state index in [1.54, 1.807) is 24.3 Å². The van der Waals surface area contributed by atoms with Crippen molar-refractivity contribution in [3.05, 3.63) is 65.5 Å². The molecule has 0 radical (unpaired) electrons. The maximum absolute atomic E-state index is 13.3. The highest BCUT2D eigenvalue weighted by atomic mass is 19.1. The number of hydrogen-bond donors (Lipinski definition) is 1. The van der Waals surface area contributed by atoms with E-state index in [4.69, 9.17) is 0 Å². The third-order valence-electron chi connectivity index (χ3n) is 2.43. The van der Waals surface area contributed by atoms with Crippen molar-refractivity contribution in [2.45, 2.75) is 6.92 Å². The second kappa shape index (κ2) is 4.78. The van der Waals surface area contributed by atoms with Crippen LogP contribution in [-0.2, 0) is 0 Å². The Labute approximate surface area is 99.1 Å². The first-order chi connectivity index (χ1) is 8.16. The van der Waals surface area contributed by atoms with Crippen molar-refractivity contribution in [2.24, 2.45) is 0 Å². The van der Waals surface area contributed by atoms with Crippen molar-refractivity contribution in [3.8, 4) is 0 Å². The molecule has 0 spiro atoms. The van der Waals surface area contributed by atoms with Gasteiger partial charge in [-0.15, -0.1) is 0 Å². The lowest BCUT2D eigenvalue weighted by atomic mass is 10.2. The molecule has 2 aromatic rings. The Hall–Kier alpha value is -2.16. The van der Waals surface area contributed by atoms with Crippen LogP contribution in [0.5, 0.6) is 0 Å². The molecular weight excluding hydrogens is 217 g/mol. The summed E-state index contributed by atoms with van der Waals surface area (Å²) in [4.78, 5) is 11.8. The van der Waals surface area contributed by atoms with E-state index in [9.17, 15) is 9.18 Å². The zero-order valence-corrected chi connectivity index (χ0v) is 9.41. The highest BCUT2D eigenvalue weighted by Gasteiger charge is 2.10. The van der Waals surface area contributed by atoms with E-state index in [1.807, 2.05) is 19.1 Å². The topological polar surface area (TPSA) is 29.1 Å². The predicted molar refractivity (Wildman–Crippen MR) is 65.5 cm³/mol. The molecule has 0 aliphatic rings. The van der Waals surface area contributed by atoms with Gasteiger partial charge in [-0.2, -0.15) is 0 Å². The monoisotopic (exact) mass is 229 g/mol. The predicted octanol–water partition coefficient (Wildman–Crippen LogP) is 3.39. The number of carbonyl (C=O) groups excluding carboxylic acids is 1. The molecule has 0 saturated carbocycles. The lowest BCUT2D eigenvalue weighted by molar-refractivity contribution is 0.102. The average molecular weight is 229 g/mol. The van der Waals surface area contributed by atoms with E-state index in [0.717, 1.165) is 5.56 Å². The van der Waals surface area contributed by atoms with Crippen LogP contribution in [0, 0.1) is 12.7 Å². The van der Waals surface area contributed by atoms with Gasteiger partial charge < -0.3 is 5.32 Å². The van der Waals surface area contributed by atoms with E-state index in [0.29, 0.717) is 5.69 Å². The SMILES string of the molecule is Cc1ccc(NC(=O)c2ccccc2F)cc1. The molecule has 0 unspecified atom stereocenters. The number of benzene rings is 2. The Balaban J connectivity index is 2.17. The van der Waals surface area contributed by atoms with Gasteiger partial charge in [0.05, 0.1) is 5.56 Å². The Morgan fingerprint density at radius 2 is 1.71 bits per heavy atom. The number of rotatable bonds is 2. The summed E-state index contributed by atoms with van der Waals surface area (Å²) >= 11 is 0. The van der Waals surface area contributed by atoms with Gasteiger partial charge in [-0.3, -0.25) is 4.79 Å². The third-order valence-corrected chi connectivity index (χ3v) is 2.43. The number of carbonyl (C=O) groups is 1. The van der Waals surface area contributed by atoms with Gasteiger partial charge in [0.2, 0.25) is 0 Å². The molecule has 0 aromatic heterocycles. The molecule has 1 N–H and O–H groups in total. The van der Waals surface area contributed by atoms with Crippen LogP contribution in [0.15, 0.2) is 48.5 Å². The van der Waals surface area contributed by atoms with Crippen LogP contribution < -0.4 is 5.32 Å². The minimum atomic E-state index is -0.517. The maximum atomic E-state index is 13.3. The average Bonchev–Trinajstić information content (AvgIpc) is 2.32. The van der Waals surface area contributed by atoms with Crippen LogP contribution in [0.3, 0.4) is 0 Å². The number of amides is 1. The van der Waals surface area contributed by atoms with Gasteiger partial charge in [0, 0.05) is 5.69 Å². The molecule has 0 heterocycles. The van der Waals surface area contributed by atoms with Crippen molar-refractivity contribution < 1.29 is 9.18 Å². The number of anilines is 1. The second-order valence-corrected chi connectivity index (χ2v) is 3.80. The molecule has 86 valence electrons. The molecule has 2 rings (SSSR count). The molecular formula is C14H12FNO. The highest BCUT2D eigenvalue weighted by molar-refractivity contribution is 6.04. The fourth-order valence-electron chi connectivity index (χ4n) is 1.48. The summed E-state index contributed by atoms with van der Waals surface area (Å²) in [6.07, 6.45) is 0. The van der Waals surface area contributed by atoms with E-state index in [1.165, 1.54) is 12.1 Å². The van der Waals surface area contributed by atoms with Crippen LogP contribution in [0.4, 0.5) is 10.1 Å². The Kier molecular flexibility index (Phi) is 3.19. The van der Waals surface area contributed by atoms with Crippen molar-refractivity contribution in [1.82, 2.24) is 0 Å². The summed E-state index contributed by atoms with van der Waals surface area (Å²) in [5, 5.41) is 2.65. The van der Waals surface area contributed by atoms with Crippen LogP contribution in [0.2, 0.25) is 0 Å². The lowest BCUT2D eigenvalue weighted by Gasteiger charge is -2.06. The fraction of sp³-hybridized carbons (Fsp3) is 0.0714. The summed E-state index contributed by atoms with van der Waals surface area (Å²) in [6.45, 7) is 1.96. The smallest absolute Gasteiger partial charge is 0.258 e. The summed E-state index contributed by atoms with van der Waals surface area (Å²) in [6, 6.07) is 13.3. The molecule has 2 nitrogen and oxygen atoms in total. The normalized spacial score (nSPS) is 10.0. The summed E-state index contributed by atoms with van der Waals surface area (Å²) in [5.74, 6) is -0.955. The van der Waals surface area contributed by atoms with Gasteiger partial charge in [-0.1, -0.05) is 29.8 Å². The van der Waals surface area contributed by atoms with Crippen LogP contribution in [0.1, 0.15) is 15.9 Å². The van der Waals surface area contributed by atoms with Gasteiger partial charge >= 0.3 is 0 Å². The first-order valence-corrected chi connectivity index (χ1v) is 5.29. The first kappa shape index (κ1) is 11.3. The molecule has 0 saturated heterocycles. The van der Waals surface area contributed by atoms with Gasteiger partial charge in [0.1, 0.15) is 5.82 Å². The Bertz CT molecular complexity index is 534. The minimum absolute atomic E-state index is 0.0491. The second-order valence-electron chi connectivity index (χ2n) is 3.80. The lowest BCUT2D eigenvalue weighted by Crippen LogP contribution is -2.13. The molecule has 0 aliphatic carbocycles. The van der Waals surface area contributed by atoms with Crippen LogP contribution in [-0.4, -0.2) is 5.91 Å². The molecule has 0 atom stereocenters. The largest absolute Gasteiger partial charge is 0.322 e. The fourth-order valence-corrected chi connectivity index (χ4v) is 1.48. The van der Waals surface area contributed by atoms with E-state index >= 15 is 0 Å². The Morgan fingerprint density at radius 1 is 1.06 bits per heavy atom. The standard InChI is InChI=1S/C14H12FNO/c1-10-6-8-11(9-7-10)16-14(17)12-4-2-3-5-13(12)15/h2-9H,1H3,(H,16,17). The zero-order valence-electron chi connectivity index (χ0n) is 9.41. The van der Waals surface area contributed by atoms with E-state index in [-0.39, 0.29) is 5.56 Å². The van der Waals surface area contributed by atoms with Gasteiger partial charge in [0.15, 0.2) is 0 Å². The zero-order chi connectivity index (χ0) is 12.3. The number of hydrogen-bond acceptors (Lipinski definition) is 1. The summed E-state index contributed by atoms with van der Waals surface area (Å²) in [7, 11) is 0. The first-order valence-electron chi connectivity index (χ1n) is 5.29. The molecule has 0 aliphatic heterocycles. The summed E-state index contributed by atoms with van der Waals surface area (Å²) < 4.78 is 13.3. The molecule has 2 aromatic carbocycles. The van der Waals surface area contributed by atoms with Gasteiger partial charge in [-0.05, 0) is 31.2 Å². The quantitative estimate of drug-likeness (QED) is 0.840. The van der Waals surface area contributed by atoms with Crippen LogP contribution >= 0.6 is 0 Å². The van der Waals surface area contributed by atoms with E-state index < -0.39 is 11.7 Å². The summed E-state index contributed by atoms with van der Waals surface area (Å²) in [5.41, 5.74) is 1.81. The van der Waals surface area contributed by atoms with Gasteiger partial charge in [0.25, 0.3) is 5.91 Å². The molecule has 0 fully saturated rings. The van der Waals surface area contributed by atoms with E-state index in [2.05, 4.69) is 5.32 Å². The highest BCUT2D eigenvalue weighted by Crippen LogP contribution is 2.12. The van der Waals surface area contributed by atoms with Crippen molar-refractivity contribution in [2.75, 3.05) is 5.32 Å². The molecule has 0 bridgehead atoms. The number of aryl methyl sites for hydroxylation is 1. The van der Waals surface area contributed by atoms with Crippen LogP contribution in [0.25, 0.3) is 0 Å². The van der Waals surface area contributed by atoms with Gasteiger partial charge in [-0.25, -0.2) is 4.39 Å². The number of halogens is 1. The maximum Gasteiger partial charge on any atom is 0.258 e. The van der Waals surface area contributed by atoms with Crippen molar-refractivity contribution in [3.63, 3.8) is 0 Å². The minimum Gasteiger partial charge on any atom is -0.322 e. The molecule has 3 heteroatoms. The third kappa shape index (κ3) is 2.69. The van der Waals surface area contributed by atoms with Crippen molar-refractivity contribution >= 4 is 11.6 Å². The molecule has 1 amide bonds. The number of nitrogens with one attached hydrogen (secondary N) is 1. The Morgan fingerprint density at radius 3 is 2.35 bits per heavy atom.